The van der Waals surface area contributed by atoms with Gasteiger partial charge in [-0.25, -0.2) is 4.79 Å². The number of amides is 2. The molecule has 0 radical (unpaired) electrons. The summed E-state index contributed by atoms with van der Waals surface area (Å²) in [5, 5.41) is 39.2. The first-order chi connectivity index (χ1) is 28.7. The second kappa shape index (κ2) is 19.9. The maximum absolute atomic E-state index is 14.7. The topological polar surface area (TPSA) is 182 Å². The van der Waals surface area contributed by atoms with Crippen molar-refractivity contribution in [1.29, 1.82) is 0 Å². The summed E-state index contributed by atoms with van der Waals surface area (Å²) in [5.41, 5.74) is -1.70. The molecule has 13 heteroatoms. The highest BCUT2D eigenvalue weighted by atomic mass is 16.8. The van der Waals surface area contributed by atoms with Crippen molar-refractivity contribution in [2.75, 3.05) is 0 Å². The number of Topliss-reactive ketones (excluding diaryl/α,β-unsaturated/α-hetero) is 1. The summed E-state index contributed by atoms with van der Waals surface area (Å²) in [6, 6.07) is -0.964. The maximum atomic E-state index is 14.7. The van der Waals surface area contributed by atoms with E-state index in [0.717, 1.165) is 19.3 Å². The molecule has 18 atom stereocenters. The minimum absolute atomic E-state index is 0.0113. The average molecular weight is 863 g/mol. The first-order valence-corrected chi connectivity index (χ1v) is 24.0. The Hall–Kier alpha value is -2.13. The Bertz CT molecular complexity index is 1540. The van der Waals surface area contributed by atoms with Gasteiger partial charge in [-0.2, -0.15) is 0 Å². The third-order valence-corrected chi connectivity index (χ3v) is 16.1. The molecule has 350 valence electrons. The van der Waals surface area contributed by atoms with Crippen LogP contribution in [-0.2, 0) is 33.3 Å². The average Bonchev–Trinajstić information content (AvgIpc) is 3.57. The third kappa shape index (κ3) is 10.1. The fraction of sp³-hybridized carbons (Fsp3) is 0.896. The molecular weight excluding hydrogens is 781 g/mol. The van der Waals surface area contributed by atoms with Crippen LogP contribution in [0.1, 0.15) is 160 Å². The van der Waals surface area contributed by atoms with Crippen molar-refractivity contribution < 1.29 is 53.4 Å². The van der Waals surface area contributed by atoms with Gasteiger partial charge in [0, 0.05) is 36.1 Å². The van der Waals surface area contributed by atoms with Gasteiger partial charge in [0.15, 0.2) is 11.6 Å². The van der Waals surface area contributed by atoms with Crippen LogP contribution in [0.25, 0.3) is 0 Å². The fourth-order valence-electron chi connectivity index (χ4n) is 11.5. The van der Waals surface area contributed by atoms with Crippen LogP contribution < -0.4 is 10.6 Å². The van der Waals surface area contributed by atoms with Gasteiger partial charge in [0.1, 0.15) is 11.8 Å². The maximum Gasteiger partial charge on any atom is 0.315 e. The zero-order valence-corrected chi connectivity index (χ0v) is 39.4. The molecule has 5 heterocycles. The van der Waals surface area contributed by atoms with Gasteiger partial charge in [0.05, 0.1) is 53.7 Å². The first kappa shape index (κ1) is 49.9. The number of ether oxygens (including phenoxy) is 5. The van der Waals surface area contributed by atoms with Crippen molar-refractivity contribution in [3.63, 3.8) is 0 Å². The molecule has 4 saturated heterocycles. The quantitative estimate of drug-likeness (QED) is 0.0961. The number of urea groups is 1. The highest BCUT2D eigenvalue weighted by molar-refractivity contribution is 5.84. The molecule has 2 spiro atoms. The van der Waals surface area contributed by atoms with Gasteiger partial charge in [-0.1, -0.05) is 75.3 Å². The Balaban J connectivity index is 1.40. The molecule has 0 bridgehead atoms. The number of hydrogen-bond donors (Lipinski definition) is 5. The molecule has 13 nitrogen and oxygen atoms in total. The molecule has 0 aromatic heterocycles. The lowest BCUT2D eigenvalue weighted by molar-refractivity contribution is -0.397. The number of carboxylic acids is 1. The summed E-state index contributed by atoms with van der Waals surface area (Å²) in [6.07, 6.45) is 8.24. The van der Waals surface area contributed by atoms with Gasteiger partial charge in [-0.3, -0.25) is 9.59 Å². The van der Waals surface area contributed by atoms with Crippen LogP contribution >= 0.6 is 0 Å². The van der Waals surface area contributed by atoms with Gasteiger partial charge in [-0.15, -0.1) is 0 Å². The smallest absolute Gasteiger partial charge is 0.315 e. The van der Waals surface area contributed by atoms with Gasteiger partial charge in [0.25, 0.3) is 0 Å². The van der Waals surface area contributed by atoms with Gasteiger partial charge in [0.2, 0.25) is 0 Å². The van der Waals surface area contributed by atoms with Crippen molar-refractivity contribution >= 4 is 17.8 Å². The number of carbonyl (C=O) groups is 3. The number of aliphatic carboxylic acids is 1. The number of nitrogens with one attached hydrogen (secondary N) is 2. The van der Waals surface area contributed by atoms with E-state index in [4.69, 9.17) is 23.7 Å². The van der Waals surface area contributed by atoms with E-state index in [1.165, 1.54) is 0 Å². The first-order valence-electron chi connectivity index (χ1n) is 24.0. The minimum Gasteiger partial charge on any atom is -0.481 e. The van der Waals surface area contributed by atoms with Crippen LogP contribution in [0.2, 0.25) is 0 Å². The van der Waals surface area contributed by atoms with E-state index in [9.17, 15) is 29.7 Å². The highest BCUT2D eigenvalue weighted by Crippen LogP contribution is 2.54. The van der Waals surface area contributed by atoms with E-state index >= 15 is 0 Å². The molecule has 0 aromatic carbocycles. The minimum atomic E-state index is -1.32. The number of carbonyl (C=O) groups excluding carboxylic acids is 2. The fourth-order valence-corrected chi connectivity index (χ4v) is 11.5. The predicted molar refractivity (Wildman–Crippen MR) is 232 cm³/mol. The second-order valence-corrected chi connectivity index (χ2v) is 20.1. The van der Waals surface area contributed by atoms with Crippen LogP contribution in [-0.4, -0.2) is 105 Å². The van der Waals surface area contributed by atoms with Gasteiger partial charge < -0.3 is 49.6 Å². The van der Waals surface area contributed by atoms with Crippen molar-refractivity contribution in [3.05, 3.63) is 12.2 Å². The second-order valence-electron chi connectivity index (χ2n) is 20.1. The largest absolute Gasteiger partial charge is 0.481 e. The van der Waals surface area contributed by atoms with Gasteiger partial charge in [-0.05, 0) is 102 Å². The SMILES string of the molecule is CCC(CC)NC(=O)N[C@@H]1C=C[C@]2(O[C@H](C(CC)C(=O)[C@@H](C)[C@@H](O)[C@H](C)[C@@H]3O[C@@H]([C@@H](CC)C(=O)O)CC[C@@H]3C)[C@@H](C)C[C@H]2C)O[C@@]12CC[C@@](C)([C@H]1CC[C@](O)(CC)[C@H](C)O1)O2. The van der Waals surface area contributed by atoms with Crippen LogP contribution in [0, 0.1) is 41.4 Å². The Kier molecular flexibility index (Phi) is 16.3. The summed E-state index contributed by atoms with van der Waals surface area (Å²) >= 11 is 0. The van der Waals surface area contributed by atoms with E-state index < -0.39 is 76.8 Å². The van der Waals surface area contributed by atoms with Crippen LogP contribution in [0.4, 0.5) is 4.79 Å². The molecule has 61 heavy (non-hydrogen) atoms. The molecule has 0 aromatic rings. The molecule has 5 rings (SSSR count). The molecule has 5 N–H and O–H groups in total. The third-order valence-electron chi connectivity index (χ3n) is 16.1. The number of aliphatic hydroxyl groups is 2. The molecule has 0 aliphatic carbocycles. The molecular formula is C48H82N2O11. The Morgan fingerprint density at radius 2 is 1.51 bits per heavy atom. The van der Waals surface area contributed by atoms with E-state index in [-0.39, 0.29) is 53.9 Å². The van der Waals surface area contributed by atoms with E-state index in [0.29, 0.717) is 57.8 Å². The van der Waals surface area contributed by atoms with Crippen LogP contribution in [0.5, 0.6) is 0 Å². The summed E-state index contributed by atoms with van der Waals surface area (Å²) < 4.78 is 34.6. The molecule has 2 amide bonds. The zero-order chi connectivity index (χ0) is 45.2. The molecule has 5 aliphatic rings. The lowest BCUT2D eigenvalue weighted by Crippen LogP contribution is -2.66. The van der Waals surface area contributed by atoms with Crippen molar-refractivity contribution in [2.24, 2.45) is 41.4 Å². The monoisotopic (exact) mass is 863 g/mol. The standard InChI is InChI=1S/C48H82N2O11/c1-13-33(14-2)49-44(55)50-37-20-23-47(61-48(37)25-24-45(12,60-48)38-21-22-46(56,17-5)32(11)57-38)29(8)26-28(7)42(59-47)35(16-4)40(52)30(9)39(51)31(10)41-27(6)18-19-36(58-41)34(15-3)43(53)54/h20,23,27-39,41-42,51,56H,13-19,21-22,24-26H2,1-12H3,(H,53,54)(H2,49,50,55)/t27-,28-,29+,30-,31-,32-,34+,35?,36+,37+,38+,39+,41+,42-,45-,46+,47-,48-/m0/s1. The summed E-state index contributed by atoms with van der Waals surface area (Å²) in [5.74, 6) is -5.94. The Labute approximate surface area is 366 Å². The molecule has 1 unspecified atom stereocenters. The van der Waals surface area contributed by atoms with Crippen LogP contribution in [0.3, 0.4) is 0 Å². The van der Waals surface area contributed by atoms with Crippen molar-refractivity contribution in [3.8, 4) is 0 Å². The summed E-state index contributed by atoms with van der Waals surface area (Å²) in [4.78, 5) is 40.2. The Morgan fingerprint density at radius 3 is 2.10 bits per heavy atom. The summed E-state index contributed by atoms with van der Waals surface area (Å²) in [7, 11) is 0. The van der Waals surface area contributed by atoms with Gasteiger partial charge >= 0.3 is 12.0 Å². The predicted octanol–water partition coefficient (Wildman–Crippen LogP) is 7.68. The van der Waals surface area contributed by atoms with E-state index in [1.807, 2.05) is 67.5 Å². The number of ketones is 1. The summed E-state index contributed by atoms with van der Waals surface area (Å²) in [6.45, 7) is 23.8. The number of rotatable bonds is 16. The highest BCUT2D eigenvalue weighted by Gasteiger charge is 2.63. The van der Waals surface area contributed by atoms with E-state index in [1.54, 1.807) is 6.92 Å². The normalized spacial score (nSPS) is 41.6. The number of hydrogen-bond acceptors (Lipinski definition) is 10. The Morgan fingerprint density at radius 1 is 0.836 bits per heavy atom. The van der Waals surface area contributed by atoms with Crippen LogP contribution in [0.15, 0.2) is 12.2 Å². The lowest BCUT2D eigenvalue weighted by Gasteiger charge is -2.55. The molecule has 0 saturated carbocycles. The number of aliphatic hydroxyl groups excluding tert-OH is 1. The zero-order valence-electron chi connectivity index (χ0n) is 39.4. The van der Waals surface area contributed by atoms with Crippen molar-refractivity contribution in [1.82, 2.24) is 10.6 Å². The number of carboxylic acid groups (broad SMARTS) is 1. The van der Waals surface area contributed by atoms with E-state index in [2.05, 4.69) is 31.4 Å². The van der Waals surface area contributed by atoms with Crippen molar-refractivity contribution in [2.45, 2.75) is 232 Å². The lowest BCUT2D eigenvalue weighted by atomic mass is 9.72. The molecule has 5 aliphatic heterocycles. The molecule has 4 fully saturated rings.